The molecule has 1 fully saturated rings. The van der Waals surface area contributed by atoms with Crippen molar-refractivity contribution < 1.29 is 29.0 Å². The number of carbonyl (C=O) groups is 3. The molecule has 0 unspecified atom stereocenters. The molecule has 1 aromatic carbocycles. The fourth-order valence-electron chi connectivity index (χ4n) is 2.30. The molecular weight excluding hydrogens is 372 g/mol. The molecule has 0 aliphatic carbocycles. The van der Waals surface area contributed by atoms with Gasteiger partial charge in [-0.1, -0.05) is 12.1 Å². The van der Waals surface area contributed by atoms with Crippen molar-refractivity contribution >= 4 is 41.2 Å². The molecule has 2 rings (SSSR count). The summed E-state index contributed by atoms with van der Waals surface area (Å²) in [5.74, 6) is -1.71. The number of carbonyl (C=O) groups excluding carboxylic acids is 2. The lowest BCUT2D eigenvalue weighted by molar-refractivity contribution is -0.139. The maximum atomic E-state index is 12.5. The van der Waals surface area contributed by atoms with Gasteiger partial charge < -0.3 is 14.6 Å². The van der Waals surface area contributed by atoms with Gasteiger partial charge in [0.25, 0.3) is 11.8 Å². The largest absolute Gasteiger partial charge is 0.490 e. The number of thiocarbonyl (C=S) groups is 1. The lowest BCUT2D eigenvalue weighted by Gasteiger charge is -2.27. The Morgan fingerprint density at radius 2 is 2.07 bits per heavy atom. The van der Waals surface area contributed by atoms with Crippen molar-refractivity contribution in [3.63, 3.8) is 0 Å². The van der Waals surface area contributed by atoms with Crippen LogP contribution in [0.15, 0.2) is 36.4 Å². The van der Waals surface area contributed by atoms with Crippen LogP contribution >= 0.6 is 12.2 Å². The van der Waals surface area contributed by atoms with E-state index in [4.69, 9.17) is 26.8 Å². The Kier molecular flexibility index (Phi) is 6.67. The van der Waals surface area contributed by atoms with Crippen molar-refractivity contribution in [2.75, 3.05) is 19.8 Å². The van der Waals surface area contributed by atoms with Gasteiger partial charge in [-0.05, 0) is 42.9 Å². The first-order chi connectivity index (χ1) is 12.9. The maximum Gasteiger partial charge on any atom is 0.341 e. The summed E-state index contributed by atoms with van der Waals surface area (Å²) in [4.78, 5) is 36.6. The van der Waals surface area contributed by atoms with Crippen molar-refractivity contribution in [3.8, 4) is 11.5 Å². The maximum absolute atomic E-state index is 12.5. The molecule has 1 aromatic rings. The van der Waals surface area contributed by atoms with E-state index in [1.165, 1.54) is 23.1 Å². The number of benzene rings is 1. The molecule has 0 atom stereocenters. The highest BCUT2D eigenvalue weighted by Gasteiger charge is 2.32. The van der Waals surface area contributed by atoms with E-state index < -0.39 is 24.4 Å². The second-order valence-corrected chi connectivity index (χ2v) is 5.73. The monoisotopic (exact) mass is 390 g/mol. The van der Waals surface area contributed by atoms with Crippen LogP contribution in [0.25, 0.3) is 6.08 Å². The lowest BCUT2D eigenvalue weighted by Crippen LogP contribution is -2.53. The van der Waals surface area contributed by atoms with Gasteiger partial charge in [0.2, 0.25) is 0 Å². The smallest absolute Gasteiger partial charge is 0.341 e. The third-order valence-corrected chi connectivity index (χ3v) is 3.75. The Bertz CT molecular complexity index is 833. The molecule has 27 heavy (non-hydrogen) atoms. The van der Waals surface area contributed by atoms with E-state index in [1.54, 1.807) is 19.1 Å². The Morgan fingerprint density at radius 3 is 2.70 bits per heavy atom. The molecule has 1 heterocycles. The van der Waals surface area contributed by atoms with Gasteiger partial charge in [-0.2, -0.15) is 0 Å². The van der Waals surface area contributed by atoms with Crippen molar-refractivity contribution in [1.29, 1.82) is 0 Å². The van der Waals surface area contributed by atoms with Gasteiger partial charge in [-0.3, -0.25) is 19.8 Å². The lowest BCUT2D eigenvalue weighted by atomic mass is 10.1. The average Bonchev–Trinajstić information content (AvgIpc) is 2.61. The molecule has 2 N–H and O–H groups in total. The van der Waals surface area contributed by atoms with E-state index in [2.05, 4.69) is 11.9 Å². The van der Waals surface area contributed by atoms with Gasteiger partial charge in [0.05, 0.1) is 6.61 Å². The highest BCUT2D eigenvalue weighted by molar-refractivity contribution is 7.80. The van der Waals surface area contributed by atoms with Crippen molar-refractivity contribution in [1.82, 2.24) is 10.2 Å². The number of carboxylic acids is 1. The molecule has 2 amide bonds. The van der Waals surface area contributed by atoms with E-state index in [0.29, 0.717) is 17.9 Å². The first-order valence-electron chi connectivity index (χ1n) is 7.98. The highest BCUT2D eigenvalue weighted by atomic mass is 32.1. The second kappa shape index (κ2) is 8.95. The Labute approximate surface area is 161 Å². The quantitative estimate of drug-likeness (QED) is 0.299. The molecule has 142 valence electrons. The van der Waals surface area contributed by atoms with E-state index in [9.17, 15) is 14.4 Å². The SMILES string of the molecule is C=CCN1C(=O)/C(=C/c2ccc(OCC(=O)O)c(OCC)c2)C(=O)NC1=S. The van der Waals surface area contributed by atoms with E-state index in [-0.39, 0.29) is 23.0 Å². The first kappa shape index (κ1) is 20.1. The summed E-state index contributed by atoms with van der Waals surface area (Å²) in [5, 5.41) is 11.2. The third kappa shape index (κ3) is 4.91. The molecule has 0 saturated carbocycles. The van der Waals surface area contributed by atoms with Crippen LogP contribution in [0.1, 0.15) is 12.5 Å². The number of ether oxygens (including phenoxy) is 2. The van der Waals surface area contributed by atoms with Gasteiger partial charge >= 0.3 is 5.97 Å². The van der Waals surface area contributed by atoms with Gasteiger partial charge in [0, 0.05) is 6.54 Å². The minimum absolute atomic E-state index is 0.0227. The third-order valence-electron chi connectivity index (χ3n) is 3.43. The van der Waals surface area contributed by atoms with Gasteiger partial charge in [-0.25, -0.2) is 4.79 Å². The number of nitrogens with zero attached hydrogens (tertiary/aromatic N) is 1. The molecule has 1 saturated heterocycles. The number of hydrogen-bond acceptors (Lipinski definition) is 6. The van der Waals surface area contributed by atoms with Crippen molar-refractivity contribution in [3.05, 3.63) is 42.0 Å². The molecule has 8 nitrogen and oxygen atoms in total. The van der Waals surface area contributed by atoms with Crippen LogP contribution in [-0.2, 0) is 14.4 Å². The molecule has 1 aliphatic heterocycles. The van der Waals surface area contributed by atoms with Crippen LogP contribution in [-0.4, -0.2) is 52.7 Å². The molecular formula is C18H18N2O6S. The first-order valence-corrected chi connectivity index (χ1v) is 8.39. The Balaban J connectivity index is 2.35. The minimum Gasteiger partial charge on any atom is -0.490 e. The number of carboxylic acid groups (broad SMARTS) is 1. The van der Waals surface area contributed by atoms with Crippen LogP contribution in [0.3, 0.4) is 0 Å². The summed E-state index contributed by atoms with van der Waals surface area (Å²) in [6.07, 6.45) is 2.90. The number of aliphatic carboxylic acids is 1. The highest BCUT2D eigenvalue weighted by Crippen LogP contribution is 2.29. The predicted molar refractivity (Wildman–Crippen MR) is 101 cm³/mol. The summed E-state index contributed by atoms with van der Waals surface area (Å²) in [6.45, 7) is 5.30. The Morgan fingerprint density at radius 1 is 1.33 bits per heavy atom. The van der Waals surface area contributed by atoms with Crippen molar-refractivity contribution in [2.45, 2.75) is 6.92 Å². The van der Waals surface area contributed by atoms with Crippen LogP contribution in [0, 0.1) is 0 Å². The number of hydrogen-bond donors (Lipinski definition) is 2. The number of amides is 2. The minimum atomic E-state index is -1.12. The molecule has 0 radical (unpaired) electrons. The topological polar surface area (TPSA) is 105 Å². The second-order valence-electron chi connectivity index (χ2n) is 5.34. The zero-order chi connectivity index (χ0) is 20.0. The standard InChI is InChI=1S/C18H18N2O6S/c1-3-7-20-17(24)12(16(23)19-18(20)27)8-11-5-6-13(26-10-15(21)22)14(9-11)25-4-2/h3,5-6,8-9H,1,4,7,10H2,2H3,(H,21,22)(H,19,23,27)/b12-8+. The fourth-order valence-corrected chi connectivity index (χ4v) is 2.55. The predicted octanol–water partition coefficient (Wildman–Crippen LogP) is 1.36. The fraction of sp³-hybridized carbons (Fsp3) is 0.222. The van der Waals surface area contributed by atoms with E-state index in [0.717, 1.165) is 0 Å². The summed E-state index contributed by atoms with van der Waals surface area (Å²) in [6, 6.07) is 4.65. The molecule has 0 aromatic heterocycles. The molecule has 0 spiro atoms. The van der Waals surface area contributed by atoms with Crippen molar-refractivity contribution in [2.24, 2.45) is 0 Å². The Hall–Kier alpha value is -3.20. The van der Waals surface area contributed by atoms with Crippen LogP contribution in [0.5, 0.6) is 11.5 Å². The normalized spacial score (nSPS) is 15.5. The summed E-state index contributed by atoms with van der Waals surface area (Å²) in [5.41, 5.74) is 0.415. The zero-order valence-electron chi connectivity index (χ0n) is 14.6. The number of nitrogens with one attached hydrogen (secondary N) is 1. The average molecular weight is 390 g/mol. The van der Waals surface area contributed by atoms with Crippen LogP contribution < -0.4 is 14.8 Å². The zero-order valence-corrected chi connectivity index (χ0v) is 15.4. The summed E-state index contributed by atoms with van der Waals surface area (Å²) < 4.78 is 10.6. The van der Waals surface area contributed by atoms with Crippen LogP contribution in [0.4, 0.5) is 0 Å². The molecule has 0 bridgehead atoms. The van der Waals surface area contributed by atoms with E-state index in [1.807, 2.05) is 0 Å². The summed E-state index contributed by atoms with van der Waals surface area (Å²) in [7, 11) is 0. The number of rotatable bonds is 8. The van der Waals surface area contributed by atoms with E-state index >= 15 is 0 Å². The summed E-state index contributed by atoms with van der Waals surface area (Å²) >= 11 is 5.00. The molecule has 1 aliphatic rings. The molecule has 9 heteroatoms. The van der Waals surface area contributed by atoms with Gasteiger partial charge in [-0.15, -0.1) is 6.58 Å². The van der Waals surface area contributed by atoms with Gasteiger partial charge in [0.15, 0.2) is 23.2 Å². The van der Waals surface area contributed by atoms with Crippen LogP contribution in [0.2, 0.25) is 0 Å². The van der Waals surface area contributed by atoms with Gasteiger partial charge in [0.1, 0.15) is 5.57 Å².